The zero-order valence-electron chi connectivity index (χ0n) is 12.6. The Balaban J connectivity index is 2.52. The number of aryl methyl sites for hydroxylation is 2. The Morgan fingerprint density at radius 2 is 1.56 bits per heavy atom. The second-order valence-electron chi connectivity index (χ2n) is 5.48. The van der Waals surface area contributed by atoms with Crippen LogP contribution < -0.4 is 0 Å². The number of hydrogen-bond acceptors (Lipinski definition) is 0. The lowest BCUT2D eigenvalue weighted by atomic mass is 9.91. The van der Waals surface area contributed by atoms with Gasteiger partial charge in [0.1, 0.15) is 0 Å². The van der Waals surface area contributed by atoms with Gasteiger partial charge in [0.15, 0.2) is 0 Å². The van der Waals surface area contributed by atoms with Gasteiger partial charge in [-0.1, -0.05) is 25.0 Å². The summed E-state index contributed by atoms with van der Waals surface area (Å²) in [5, 5.41) is 0. The van der Waals surface area contributed by atoms with Crippen molar-refractivity contribution in [1.29, 1.82) is 0 Å². The first-order chi connectivity index (χ1) is 8.57. The molecule has 0 aliphatic carbocycles. The summed E-state index contributed by atoms with van der Waals surface area (Å²) >= 11 is 0. The van der Waals surface area contributed by atoms with Crippen molar-refractivity contribution in [2.45, 2.75) is 66.2 Å². The van der Waals surface area contributed by atoms with Crippen molar-refractivity contribution >= 4 is 0 Å². The summed E-state index contributed by atoms with van der Waals surface area (Å²) in [6.07, 6.45) is 9.75. The Kier molecular flexibility index (Phi) is 6.18. The summed E-state index contributed by atoms with van der Waals surface area (Å²) < 4.78 is 0. The Bertz CT molecular complexity index is 399. The summed E-state index contributed by atoms with van der Waals surface area (Å²) in [5.74, 6) is 0. The van der Waals surface area contributed by atoms with Crippen molar-refractivity contribution in [2.24, 2.45) is 0 Å². The molecule has 0 radical (unpaired) electrons. The van der Waals surface area contributed by atoms with E-state index in [4.69, 9.17) is 0 Å². The lowest BCUT2D eigenvalue weighted by Gasteiger charge is -2.15. The molecule has 1 aromatic rings. The van der Waals surface area contributed by atoms with Crippen molar-refractivity contribution in [1.82, 2.24) is 0 Å². The van der Waals surface area contributed by atoms with E-state index < -0.39 is 0 Å². The SMILES string of the molecule is C=CCCCCCCc1c(C)cc(C)c(C)c1C. The Morgan fingerprint density at radius 1 is 0.889 bits per heavy atom. The molecule has 100 valence electrons. The zero-order chi connectivity index (χ0) is 13.5. The summed E-state index contributed by atoms with van der Waals surface area (Å²) in [6, 6.07) is 2.34. The second-order valence-corrected chi connectivity index (χ2v) is 5.48. The first-order valence-corrected chi connectivity index (χ1v) is 7.25. The molecular weight excluding hydrogens is 216 g/mol. The molecule has 0 atom stereocenters. The molecule has 18 heavy (non-hydrogen) atoms. The van der Waals surface area contributed by atoms with E-state index in [0.717, 1.165) is 0 Å². The molecule has 0 heterocycles. The predicted octanol–water partition coefficient (Wildman–Crippen LogP) is 5.60. The molecule has 0 spiro atoms. The van der Waals surface area contributed by atoms with E-state index in [-0.39, 0.29) is 0 Å². The van der Waals surface area contributed by atoms with Crippen molar-refractivity contribution in [2.75, 3.05) is 0 Å². The van der Waals surface area contributed by atoms with Crippen LogP contribution in [0.1, 0.15) is 59.9 Å². The van der Waals surface area contributed by atoms with E-state index in [1.165, 1.54) is 60.8 Å². The standard InChI is InChI=1S/C18H28/c1-6-7-8-9-10-11-12-18-15(3)13-14(2)16(4)17(18)5/h6,13H,1,7-12H2,2-5H3. The van der Waals surface area contributed by atoms with Crippen molar-refractivity contribution in [3.05, 3.63) is 46.5 Å². The van der Waals surface area contributed by atoms with Crippen LogP contribution in [0.25, 0.3) is 0 Å². The quantitative estimate of drug-likeness (QED) is 0.432. The molecule has 0 amide bonds. The predicted molar refractivity (Wildman–Crippen MR) is 82.4 cm³/mol. The molecule has 0 saturated carbocycles. The van der Waals surface area contributed by atoms with Gasteiger partial charge in [-0.15, -0.1) is 6.58 Å². The molecule has 0 fully saturated rings. The fraction of sp³-hybridized carbons (Fsp3) is 0.556. The molecule has 0 aromatic heterocycles. The lowest BCUT2D eigenvalue weighted by molar-refractivity contribution is 0.644. The molecule has 0 bridgehead atoms. The van der Waals surface area contributed by atoms with Gasteiger partial charge in [0.05, 0.1) is 0 Å². The van der Waals surface area contributed by atoms with Crippen LogP contribution in [0.5, 0.6) is 0 Å². The Labute approximate surface area is 113 Å². The largest absolute Gasteiger partial charge is 0.103 e. The Morgan fingerprint density at radius 3 is 2.22 bits per heavy atom. The molecular formula is C18H28. The number of rotatable bonds is 7. The van der Waals surface area contributed by atoms with Gasteiger partial charge in [-0.05, 0) is 81.2 Å². The third-order valence-corrected chi connectivity index (χ3v) is 4.10. The van der Waals surface area contributed by atoms with Crippen LogP contribution in [-0.2, 0) is 6.42 Å². The fourth-order valence-corrected chi connectivity index (χ4v) is 2.67. The first kappa shape index (κ1) is 15.0. The average Bonchev–Trinajstić information content (AvgIpc) is 2.34. The second kappa shape index (κ2) is 7.41. The third kappa shape index (κ3) is 4.01. The highest BCUT2D eigenvalue weighted by molar-refractivity contribution is 5.43. The van der Waals surface area contributed by atoms with Gasteiger partial charge >= 0.3 is 0 Å². The van der Waals surface area contributed by atoms with Gasteiger partial charge in [0.25, 0.3) is 0 Å². The maximum absolute atomic E-state index is 3.77. The van der Waals surface area contributed by atoms with Crippen LogP contribution in [0.2, 0.25) is 0 Å². The van der Waals surface area contributed by atoms with Gasteiger partial charge in [-0.2, -0.15) is 0 Å². The fourth-order valence-electron chi connectivity index (χ4n) is 2.67. The molecule has 1 aromatic carbocycles. The monoisotopic (exact) mass is 244 g/mol. The molecule has 0 unspecified atom stereocenters. The number of unbranched alkanes of at least 4 members (excludes halogenated alkanes) is 4. The molecule has 0 aliphatic rings. The molecule has 0 saturated heterocycles. The maximum Gasteiger partial charge on any atom is -0.0274 e. The summed E-state index contributed by atoms with van der Waals surface area (Å²) in [7, 11) is 0. The molecule has 0 nitrogen and oxygen atoms in total. The van der Waals surface area contributed by atoms with Gasteiger partial charge in [-0.25, -0.2) is 0 Å². The molecule has 0 heteroatoms. The van der Waals surface area contributed by atoms with E-state index in [9.17, 15) is 0 Å². The number of benzene rings is 1. The van der Waals surface area contributed by atoms with E-state index in [1.807, 2.05) is 6.08 Å². The van der Waals surface area contributed by atoms with Crippen LogP contribution in [0.4, 0.5) is 0 Å². The van der Waals surface area contributed by atoms with Crippen LogP contribution in [0.15, 0.2) is 18.7 Å². The van der Waals surface area contributed by atoms with Crippen LogP contribution in [-0.4, -0.2) is 0 Å². The lowest BCUT2D eigenvalue weighted by Crippen LogP contribution is -1.99. The minimum atomic E-state index is 1.17. The van der Waals surface area contributed by atoms with E-state index in [1.54, 1.807) is 5.56 Å². The van der Waals surface area contributed by atoms with Gasteiger partial charge in [0, 0.05) is 0 Å². The average molecular weight is 244 g/mol. The van der Waals surface area contributed by atoms with Crippen LogP contribution >= 0.6 is 0 Å². The minimum Gasteiger partial charge on any atom is -0.103 e. The molecule has 0 N–H and O–H groups in total. The van der Waals surface area contributed by atoms with Crippen molar-refractivity contribution in [3.63, 3.8) is 0 Å². The van der Waals surface area contributed by atoms with Gasteiger partial charge in [0.2, 0.25) is 0 Å². The smallest absolute Gasteiger partial charge is 0.0274 e. The van der Waals surface area contributed by atoms with E-state index in [2.05, 4.69) is 40.3 Å². The minimum absolute atomic E-state index is 1.17. The topological polar surface area (TPSA) is 0 Å². The van der Waals surface area contributed by atoms with Gasteiger partial charge < -0.3 is 0 Å². The maximum atomic E-state index is 3.77. The van der Waals surface area contributed by atoms with E-state index in [0.29, 0.717) is 0 Å². The molecule has 0 aliphatic heterocycles. The van der Waals surface area contributed by atoms with Crippen molar-refractivity contribution in [3.8, 4) is 0 Å². The summed E-state index contributed by atoms with van der Waals surface area (Å²) in [6.45, 7) is 12.8. The number of allylic oxidation sites excluding steroid dienone is 1. The van der Waals surface area contributed by atoms with Crippen LogP contribution in [0.3, 0.4) is 0 Å². The summed E-state index contributed by atoms with van der Waals surface area (Å²) in [4.78, 5) is 0. The highest BCUT2D eigenvalue weighted by Gasteiger charge is 2.07. The Hall–Kier alpha value is -1.04. The highest BCUT2D eigenvalue weighted by Crippen LogP contribution is 2.23. The molecule has 1 rings (SSSR count). The van der Waals surface area contributed by atoms with E-state index >= 15 is 0 Å². The summed E-state index contributed by atoms with van der Waals surface area (Å²) in [5.41, 5.74) is 7.48. The van der Waals surface area contributed by atoms with Crippen LogP contribution in [0, 0.1) is 27.7 Å². The van der Waals surface area contributed by atoms with Gasteiger partial charge in [-0.3, -0.25) is 0 Å². The first-order valence-electron chi connectivity index (χ1n) is 7.25. The third-order valence-electron chi connectivity index (χ3n) is 4.10. The highest BCUT2D eigenvalue weighted by atomic mass is 14.1. The van der Waals surface area contributed by atoms with Crippen molar-refractivity contribution < 1.29 is 0 Å². The zero-order valence-corrected chi connectivity index (χ0v) is 12.6. The number of hydrogen-bond donors (Lipinski definition) is 0. The normalized spacial score (nSPS) is 10.7.